The van der Waals surface area contributed by atoms with E-state index in [4.69, 9.17) is 4.42 Å². The van der Waals surface area contributed by atoms with Crippen LogP contribution in [0.3, 0.4) is 0 Å². The van der Waals surface area contributed by atoms with Crippen LogP contribution >= 0.6 is 15.9 Å². The fourth-order valence-electron chi connectivity index (χ4n) is 1.66. The largest absolute Gasteiger partial charge is 0.437 e. The Morgan fingerprint density at radius 2 is 2.06 bits per heavy atom. The topological polar surface area (TPSA) is 43.1 Å². The van der Waals surface area contributed by atoms with E-state index in [-0.39, 0.29) is 5.43 Å². The number of pyridine rings is 1. The zero-order valence-corrected chi connectivity index (χ0v) is 9.69. The molecule has 3 aromatic rings. The molecule has 1 aromatic carbocycles. The molecule has 78 valence electrons. The first-order valence-electron chi connectivity index (χ1n) is 4.73. The molecule has 0 atom stereocenters. The van der Waals surface area contributed by atoms with Crippen LogP contribution in [0.2, 0.25) is 0 Å². The third-order valence-electron chi connectivity index (χ3n) is 2.41. The minimum Gasteiger partial charge on any atom is -0.437 e. The number of nitrogens with zero attached hydrogens (tertiary/aromatic N) is 1. The molecule has 3 nitrogen and oxygen atoms in total. The van der Waals surface area contributed by atoms with Crippen LogP contribution in [0.25, 0.3) is 22.1 Å². The molecule has 0 aliphatic rings. The summed E-state index contributed by atoms with van der Waals surface area (Å²) < 4.78 is 6.44. The summed E-state index contributed by atoms with van der Waals surface area (Å²) >= 11 is 3.34. The Morgan fingerprint density at radius 3 is 2.94 bits per heavy atom. The molecule has 0 bridgehead atoms. The number of hydrogen-bond acceptors (Lipinski definition) is 3. The Labute approximate surface area is 98.8 Å². The van der Waals surface area contributed by atoms with E-state index in [0.29, 0.717) is 22.1 Å². The summed E-state index contributed by atoms with van der Waals surface area (Å²) in [6.45, 7) is 0. The Balaban J connectivity index is 2.61. The average Bonchev–Trinajstić information content (AvgIpc) is 2.29. The predicted molar refractivity (Wildman–Crippen MR) is 65.5 cm³/mol. The van der Waals surface area contributed by atoms with E-state index in [1.807, 2.05) is 6.07 Å². The van der Waals surface area contributed by atoms with Gasteiger partial charge in [-0.2, -0.15) is 0 Å². The van der Waals surface area contributed by atoms with Gasteiger partial charge in [0.25, 0.3) is 0 Å². The molecular formula is C12H6BrNO2. The summed E-state index contributed by atoms with van der Waals surface area (Å²) in [5.41, 5.74) is 0.875. The van der Waals surface area contributed by atoms with E-state index in [0.717, 1.165) is 4.47 Å². The lowest BCUT2D eigenvalue weighted by atomic mass is 10.2. The van der Waals surface area contributed by atoms with Gasteiger partial charge >= 0.3 is 0 Å². The highest BCUT2D eigenvalue weighted by Crippen LogP contribution is 2.20. The van der Waals surface area contributed by atoms with Gasteiger partial charge in [0.05, 0.1) is 10.8 Å². The van der Waals surface area contributed by atoms with Gasteiger partial charge < -0.3 is 4.42 Å². The van der Waals surface area contributed by atoms with Gasteiger partial charge in [-0.15, -0.1) is 0 Å². The van der Waals surface area contributed by atoms with Crippen LogP contribution in [0.5, 0.6) is 0 Å². The zero-order chi connectivity index (χ0) is 11.1. The summed E-state index contributed by atoms with van der Waals surface area (Å²) in [5, 5.41) is 1.08. The van der Waals surface area contributed by atoms with Crippen LogP contribution in [-0.4, -0.2) is 4.98 Å². The highest BCUT2D eigenvalue weighted by atomic mass is 79.9. The van der Waals surface area contributed by atoms with Crippen molar-refractivity contribution in [2.45, 2.75) is 0 Å². The van der Waals surface area contributed by atoms with Crippen molar-refractivity contribution in [2.75, 3.05) is 0 Å². The molecule has 0 fully saturated rings. The standard InChI is InChI=1S/C12H6BrNO2/c13-7-3-4-8-10(6-7)16-12-9(11(8)15)2-1-5-14-12/h1-6H. The lowest BCUT2D eigenvalue weighted by molar-refractivity contribution is 0.644. The highest BCUT2D eigenvalue weighted by molar-refractivity contribution is 9.10. The Morgan fingerprint density at radius 1 is 1.19 bits per heavy atom. The first kappa shape index (κ1) is 9.54. The molecule has 0 unspecified atom stereocenters. The fraction of sp³-hybridized carbons (Fsp3) is 0. The summed E-state index contributed by atoms with van der Waals surface area (Å²) in [4.78, 5) is 16.1. The van der Waals surface area contributed by atoms with E-state index in [1.165, 1.54) is 0 Å². The van der Waals surface area contributed by atoms with Crippen LogP contribution in [0.4, 0.5) is 0 Å². The first-order chi connectivity index (χ1) is 7.75. The van der Waals surface area contributed by atoms with Crippen molar-refractivity contribution in [3.05, 3.63) is 51.2 Å². The van der Waals surface area contributed by atoms with Crippen molar-refractivity contribution in [2.24, 2.45) is 0 Å². The smallest absolute Gasteiger partial charge is 0.230 e. The van der Waals surface area contributed by atoms with Gasteiger partial charge in [0.15, 0.2) is 0 Å². The van der Waals surface area contributed by atoms with E-state index in [2.05, 4.69) is 20.9 Å². The van der Waals surface area contributed by atoms with Crippen LogP contribution < -0.4 is 5.43 Å². The van der Waals surface area contributed by atoms with Crippen LogP contribution in [-0.2, 0) is 0 Å². The molecule has 0 aliphatic heterocycles. The summed E-state index contributed by atoms with van der Waals surface area (Å²) in [7, 11) is 0. The number of aromatic nitrogens is 1. The SMILES string of the molecule is O=c1c2ccc(Br)cc2oc2ncccc12. The maximum atomic E-state index is 12.1. The van der Waals surface area contributed by atoms with Gasteiger partial charge in [-0.25, -0.2) is 4.98 Å². The molecule has 2 heterocycles. The minimum atomic E-state index is -0.0446. The molecule has 0 saturated heterocycles. The van der Waals surface area contributed by atoms with Crippen molar-refractivity contribution in [3.8, 4) is 0 Å². The average molecular weight is 276 g/mol. The summed E-state index contributed by atoms with van der Waals surface area (Å²) in [5.74, 6) is 0. The molecule has 3 rings (SSSR count). The first-order valence-corrected chi connectivity index (χ1v) is 5.52. The Kier molecular flexibility index (Phi) is 2.04. The number of fused-ring (bicyclic) bond motifs is 2. The van der Waals surface area contributed by atoms with Gasteiger partial charge in [-0.1, -0.05) is 15.9 Å². The molecule has 0 saturated carbocycles. The van der Waals surface area contributed by atoms with Crippen LogP contribution in [0, 0.1) is 0 Å². The summed E-state index contributed by atoms with van der Waals surface area (Å²) in [6.07, 6.45) is 1.61. The third kappa shape index (κ3) is 1.34. The monoisotopic (exact) mass is 275 g/mol. The van der Waals surface area contributed by atoms with Crippen molar-refractivity contribution in [1.29, 1.82) is 0 Å². The van der Waals surface area contributed by atoms with Crippen molar-refractivity contribution < 1.29 is 4.42 Å². The van der Waals surface area contributed by atoms with Gasteiger partial charge in [0.2, 0.25) is 11.1 Å². The molecule has 2 aromatic heterocycles. The van der Waals surface area contributed by atoms with Crippen LogP contribution in [0.1, 0.15) is 0 Å². The van der Waals surface area contributed by atoms with Gasteiger partial charge in [-0.05, 0) is 30.3 Å². The zero-order valence-electron chi connectivity index (χ0n) is 8.11. The molecule has 0 N–H and O–H groups in total. The lowest BCUT2D eigenvalue weighted by Gasteiger charge is -2.00. The Hall–Kier alpha value is -1.68. The second-order valence-electron chi connectivity index (χ2n) is 3.43. The van der Waals surface area contributed by atoms with E-state index in [1.54, 1.807) is 30.5 Å². The van der Waals surface area contributed by atoms with E-state index in [9.17, 15) is 4.79 Å². The second-order valence-corrected chi connectivity index (χ2v) is 4.34. The number of benzene rings is 1. The van der Waals surface area contributed by atoms with Gasteiger partial charge in [0.1, 0.15) is 5.58 Å². The van der Waals surface area contributed by atoms with Gasteiger partial charge in [0, 0.05) is 10.7 Å². The number of rotatable bonds is 0. The summed E-state index contributed by atoms with van der Waals surface area (Å²) in [6, 6.07) is 8.78. The second kappa shape index (κ2) is 3.42. The maximum Gasteiger partial charge on any atom is 0.230 e. The van der Waals surface area contributed by atoms with E-state index >= 15 is 0 Å². The molecule has 16 heavy (non-hydrogen) atoms. The molecule has 4 heteroatoms. The Bertz CT molecular complexity index is 749. The van der Waals surface area contributed by atoms with Crippen molar-refractivity contribution in [1.82, 2.24) is 4.98 Å². The number of hydrogen-bond donors (Lipinski definition) is 0. The molecule has 0 amide bonds. The minimum absolute atomic E-state index is 0.0446. The highest BCUT2D eigenvalue weighted by Gasteiger charge is 2.07. The number of halogens is 1. The van der Waals surface area contributed by atoms with E-state index < -0.39 is 0 Å². The van der Waals surface area contributed by atoms with Crippen LogP contribution in [0.15, 0.2) is 50.2 Å². The predicted octanol–water partition coefficient (Wildman–Crippen LogP) is 3.10. The molecule has 0 radical (unpaired) electrons. The maximum absolute atomic E-state index is 12.1. The van der Waals surface area contributed by atoms with Gasteiger partial charge in [-0.3, -0.25) is 4.79 Å². The quantitative estimate of drug-likeness (QED) is 0.592. The molecule has 0 aliphatic carbocycles. The molecular weight excluding hydrogens is 270 g/mol. The molecule has 0 spiro atoms. The van der Waals surface area contributed by atoms with Crippen molar-refractivity contribution >= 4 is 38.0 Å². The third-order valence-corrected chi connectivity index (χ3v) is 2.90. The fourth-order valence-corrected chi connectivity index (χ4v) is 2.00. The lowest BCUT2D eigenvalue weighted by Crippen LogP contribution is -2.02. The normalized spacial score (nSPS) is 11.1. The van der Waals surface area contributed by atoms with Crippen molar-refractivity contribution in [3.63, 3.8) is 0 Å².